The summed E-state index contributed by atoms with van der Waals surface area (Å²) in [5.74, 6) is -0.129. The number of hydrogen-bond acceptors (Lipinski definition) is 6. The highest BCUT2D eigenvalue weighted by Gasteiger charge is 2.14. The van der Waals surface area contributed by atoms with Crippen LogP contribution in [0.3, 0.4) is 0 Å². The fourth-order valence-corrected chi connectivity index (χ4v) is 3.03. The van der Waals surface area contributed by atoms with Crippen LogP contribution in [0.2, 0.25) is 0 Å². The van der Waals surface area contributed by atoms with Gasteiger partial charge in [0, 0.05) is 23.3 Å². The molecule has 0 radical (unpaired) electrons. The van der Waals surface area contributed by atoms with Gasteiger partial charge < -0.3 is 19.7 Å². The molecule has 7 nitrogen and oxygen atoms in total. The van der Waals surface area contributed by atoms with Gasteiger partial charge in [0.15, 0.2) is 0 Å². The first-order chi connectivity index (χ1) is 14.0. The zero-order chi connectivity index (χ0) is 21.0. The summed E-state index contributed by atoms with van der Waals surface area (Å²) < 4.78 is 11.4. The highest BCUT2D eigenvalue weighted by molar-refractivity contribution is 5.97. The van der Waals surface area contributed by atoms with Gasteiger partial charge in [-0.15, -0.1) is 0 Å². The van der Waals surface area contributed by atoms with Crippen LogP contribution >= 0.6 is 0 Å². The number of aliphatic hydroxyl groups is 1. The van der Waals surface area contributed by atoms with Crippen LogP contribution in [0, 0.1) is 0 Å². The van der Waals surface area contributed by atoms with Crippen molar-refractivity contribution in [2.24, 2.45) is 0 Å². The molecule has 29 heavy (non-hydrogen) atoms. The minimum Gasteiger partial charge on any atom is -0.507 e. The Labute approximate surface area is 167 Å². The number of phenols is 1. The van der Waals surface area contributed by atoms with Gasteiger partial charge in [-0.05, 0) is 60.5 Å². The standard InChI is InChI=1S/C22H21NO6/c1-3-29-20(26)9-4-15-12-23(16-5-7-17(28-2)8-6-16)22(27)21-18(15)10-14(13-24)11-19(21)25/h4-12,24-25H,3,13H2,1-2H3/b9-4+. The normalized spacial score (nSPS) is 11.1. The van der Waals surface area contributed by atoms with Crippen LogP contribution in [-0.4, -0.2) is 34.5 Å². The maximum absolute atomic E-state index is 13.1. The summed E-state index contributed by atoms with van der Waals surface area (Å²) in [6.45, 7) is 1.65. The van der Waals surface area contributed by atoms with E-state index in [0.29, 0.717) is 28.0 Å². The monoisotopic (exact) mass is 395 g/mol. The lowest BCUT2D eigenvalue weighted by Crippen LogP contribution is -2.19. The summed E-state index contributed by atoms with van der Waals surface area (Å²) in [6.07, 6.45) is 4.34. The highest BCUT2D eigenvalue weighted by atomic mass is 16.5. The Morgan fingerprint density at radius 1 is 1.21 bits per heavy atom. The topological polar surface area (TPSA) is 98.0 Å². The first-order valence-corrected chi connectivity index (χ1v) is 8.99. The number of nitrogens with zero attached hydrogens (tertiary/aromatic N) is 1. The molecule has 0 bridgehead atoms. The summed E-state index contributed by atoms with van der Waals surface area (Å²) in [5, 5.41) is 20.4. The first-order valence-electron chi connectivity index (χ1n) is 8.99. The van der Waals surface area contributed by atoms with Gasteiger partial charge in [0.05, 0.1) is 25.7 Å². The summed E-state index contributed by atoms with van der Waals surface area (Å²) in [7, 11) is 1.55. The van der Waals surface area contributed by atoms with E-state index in [4.69, 9.17) is 9.47 Å². The molecule has 1 aromatic heterocycles. The van der Waals surface area contributed by atoms with Crippen molar-refractivity contribution in [2.75, 3.05) is 13.7 Å². The molecule has 3 rings (SSSR count). The van der Waals surface area contributed by atoms with Crippen molar-refractivity contribution in [3.8, 4) is 17.2 Å². The van der Waals surface area contributed by atoms with E-state index in [9.17, 15) is 19.8 Å². The van der Waals surface area contributed by atoms with Gasteiger partial charge in [0.25, 0.3) is 5.56 Å². The Balaban J connectivity index is 2.27. The highest BCUT2D eigenvalue weighted by Crippen LogP contribution is 2.28. The second-order valence-corrected chi connectivity index (χ2v) is 6.24. The minimum atomic E-state index is -0.523. The quantitative estimate of drug-likeness (QED) is 0.492. The minimum absolute atomic E-state index is 0.0871. The van der Waals surface area contributed by atoms with Crippen molar-refractivity contribution >= 4 is 22.8 Å². The van der Waals surface area contributed by atoms with E-state index >= 15 is 0 Å². The second kappa shape index (κ2) is 8.62. The number of fused-ring (bicyclic) bond motifs is 1. The number of aromatic hydroxyl groups is 1. The molecule has 0 aliphatic rings. The average Bonchev–Trinajstić information content (AvgIpc) is 2.73. The molecule has 2 aromatic carbocycles. The van der Waals surface area contributed by atoms with E-state index in [0.717, 1.165) is 0 Å². The molecule has 0 atom stereocenters. The Morgan fingerprint density at radius 3 is 2.55 bits per heavy atom. The van der Waals surface area contributed by atoms with Gasteiger partial charge >= 0.3 is 5.97 Å². The summed E-state index contributed by atoms with van der Waals surface area (Å²) in [6, 6.07) is 9.82. The second-order valence-electron chi connectivity index (χ2n) is 6.24. The van der Waals surface area contributed by atoms with Crippen molar-refractivity contribution in [1.82, 2.24) is 4.57 Å². The maximum atomic E-state index is 13.1. The predicted octanol–water partition coefficient (Wildman–Crippen LogP) is 2.77. The number of methoxy groups -OCH3 is 1. The van der Waals surface area contributed by atoms with Gasteiger partial charge in [-0.1, -0.05) is 0 Å². The van der Waals surface area contributed by atoms with E-state index in [1.807, 2.05) is 0 Å². The van der Waals surface area contributed by atoms with Crippen molar-refractivity contribution in [1.29, 1.82) is 0 Å². The van der Waals surface area contributed by atoms with E-state index in [1.54, 1.807) is 50.6 Å². The fraction of sp³-hybridized carbons (Fsp3) is 0.182. The van der Waals surface area contributed by atoms with E-state index in [-0.39, 0.29) is 24.3 Å². The van der Waals surface area contributed by atoms with Crippen LogP contribution in [0.15, 0.2) is 53.5 Å². The number of rotatable bonds is 6. The van der Waals surface area contributed by atoms with Crippen LogP contribution in [0.5, 0.6) is 11.5 Å². The molecule has 1 heterocycles. The van der Waals surface area contributed by atoms with Crippen molar-refractivity contribution in [3.63, 3.8) is 0 Å². The van der Waals surface area contributed by atoms with Crippen LogP contribution in [0.25, 0.3) is 22.5 Å². The molecule has 0 spiro atoms. The van der Waals surface area contributed by atoms with Gasteiger partial charge in [0.1, 0.15) is 11.5 Å². The molecule has 3 aromatic rings. The van der Waals surface area contributed by atoms with Crippen molar-refractivity contribution in [3.05, 3.63) is 70.2 Å². The molecule has 7 heteroatoms. The molecule has 0 aliphatic heterocycles. The number of carbonyl (C=O) groups excluding carboxylic acids is 1. The maximum Gasteiger partial charge on any atom is 0.330 e. The van der Waals surface area contributed by atoms with Crippen LogP contribution in [0.1, 0.15) is 18.1 Å². The Morgan fingerprint density at radius 2 is 1.93 bits per heavy atom. The molecule has 0 unspecified atom stereocenters. The molecular formula is C22H21NO6. The molecule has 0 saturated carbocycles. The Hall–Kier alpha value is -3.58. The molecule has 2 N–H and O–H groups in total. The molecular weight excluding hydrogens is 374 g/mol. The third kappa shape index (κ3) is 4.14. The van der Waals surface area contributed by atoms with Crippen LogP contribution in [-0.2, 0) is 16.1 Å². The Bertz CT molecular complexity index is 1130. The number of aromatic nitrogens is 1. The first kappa shape index (κ1) is 20.2. The molecule has 150 valence electrons. The summed E-state index contributed by atoms with van der Waals surface area (Å²) in [4.78, 5) is 24.8. The van der Waals surface area contributed by atoms with E-state index < -0.39 is 11.5 Å². The summed E-state index contributed by atoms with van der Waals surface area (Å²) in [5.41, 5.74) is 1.09. The Kier molecular flexibility index (Phi) is 5.99. The van der Waals surface area contributed by atoms with Gasteiger partial charge in [0.2, 0.25) is 0 Å². The zero-order valence-corrected chi connectivity index (χ0v) is 16.1. The number of benzene rings is 2. The molecule has 0 amide bonds. The lowest BCUT2D eigenvalue weighted by Gasteiger charge is -2.13. The SMILES string of the molecule is CCOC(=O)/C=C/c1cn(-c2ccc(OC)cc2)c(=O)c2c(O)cc(CO)cc12. The molecule has 0 aliphatic carbocycles. The number of pyridine rings is 1. The predicted molar refractivity (Wildman–Crippen MR) is 109 cm³/mol. The molecule has 0 fully saturated rings. The third-order valence-corrected chi connectivity index (χ3v) is 4.41. The van der Waals surface area contributed by atoms with E-state index in [2.05, 4.69) is 0 Å². The fourth-order valence-electron chi connectivity index (χ4n) is 3.03. The lowest BCUT2D eigenvalue weighted by molar-refractivity contribution is -0.137. The van der Waals surface area contributed by atoms with Crippen molar-refractivity contribution in [2.45, 2.75) is 13.5 Å². The number of phenolic OH excluding ortho intramolecular Hbond substituents is 1. The largest absolute Gasteiger partial charge is 0.507 e. The number of aliphatic hydroxyl groups excluding tert-OH is 1. The average molecular weight is 395 g/mol. The lowest BCUT2D eigenvalue weighted by atomic mass is 10.0. The van der Waals surface area contributed by atoms with Crippen LogP contribution < -0.4 is 10.3 Å². The smallest absolute Gasteiger partial charge is 0.330 e. The van der Waals surface area contributed by atoms with Gasteiger partial charge in [-0.25, -0.2) is 4.79 Å². The molecule has 0 saturated heterocycles. The third-order valence-electron chi connectivity index (χ3n) is 4.41. The summed E-state index contributed by atoms with van der Waals surface area (Å²) >= 11 is 0. The van der Waals surface area contributed by atoms with Crippen LogP contribution in [0.4, 0.5) is 0 Å². The number of hydrogen-bond donors (Lipinski definition) is 2. The number of esters is 1. The number of ether oxygens (including phenoxy) is 2. The zero-order valence-electron chi connectivity index (χ0n) is 16.1. The van der Waals surface area contributed by atoms with E-state index in [1.165, 1.54) is 22.8 Å². The van der Waals surface area contributed by atoms with Crippen molar-refractivity contribution < 1.29 is 24.5 Å². The van der Waals surface area contributed by atoms with Gasteiger partial charge in [-0.2, -0.15) is 0 Å². The van der Waals surface area contributed by atoms with Gasteiger partial charge in [-0.3, -0.25) is 9.36 Å². The number of carbonyl (C=O) groups is 1.